The van der Waals surface area contributed by atoms with E-state index in [9.17, 15) is 9.50 Å². The lowest BCUT2D eigenvalue weighted by Crippen LogP contribution is -1.98. The van der Waals surface area contributed by atoms with Gasteiger partial charge in [-0.05, 0) is 37.1 Å². The van der Waals surface area contributed by atoms with Crippen LogP contribution in [0, 0.1) is 12.7 Å². The van der Waals surface area contributed by atoms with Crippen molar-refractivity contribution in [3.63, 3.8) is 0 Å². The molecular formula is C11H15FO2S. The molecule has 1 aromatic rings. The van der Waals surface area contributed by atoms with Crippen molar-refractivity contribution >= 4 is 11.8 Å². The highest BCUT2D eigenvalue weighted by atomic mass is 32.2. The minimum absolute atomic E-state index is 0.0698. The van der Waals surface area contributed by atoms with Gasteiger partial charge in [0.15, 0.2) is 0 Å². The number of aliphatic hydroxyl groups excluding tert-OH is 2. The molecule has 15 heavy (non-hydrogen) atoms. The molecule has 4 heteroatoms. The third-order valence-electron chi connectivity index (χ3n) is 2.09. The lowest BCUT2D eigenvalue weighted by Gasteiger charge is -2.12. The number of aliphatic hydroxyl groups is 2. The summed E-state index contributed by atoms with van der Waals surface area (Å²) in [6.07, 6.45) is -0.693. The van der Waals surface area contributed by atoms with Gasteiger partial charge in [0.25, 0.3) is 0 Å². The number of hydrogen-bond acceptors (Lipinski definition) is 3. The molecule has 0 spiro atoms. The zero-order chi connectivity index (χ0) is 11.4. The van der Waals surface area contributed by atoms with Crippen LogP contribution in [0.1, 0.15) is 24.2 Å². The summed E-state index contributed by atoms with van der Waals surface area (Å²) >= 11 is 1.42. The van der Waals surface area contributed by atoms with Gasteiger partial charge in [-0.3, -0.25) is 0 Å². The second-order valence-electron chi connectivity index (χ2n) is 3.39. The molecule has 0 fully saturated rings. The van der Waals surface area contributed by atoms with Crippen molar-refractivity contribution in [2.45, 2.75) is 24.8 Å². The zero-order valence-corrected chi connectivity index (χ0v) is 9.64. The first-order valence-electron chi connectivity index (χ1n) is 4.78. The van der Waals surface area contributed by atoms with E-state index in [2.05, 4.69) is 0 Å². The van der Waals surface area contributed by atoms with Crippen LogP contribution in [0.4, 0.5) is 4.39 Å². The molecular weight excluding hydrogens is 215 g/mol. The predicted octanol–water partition coefficient (Wildman–Crippen LogP) is 2.27. The molecule has 2 N–H and O–H groups in total. The van der Waals surface area contributed by atoms with E-state index >= 15 is 0 Å². The maximum atomic E-state index is 13.3. The number of rotatable bonds is 4. The van der Waals surface area contributed by atoms with E-state index < -0.39 is 6.10 Å². The Labute approximate surface area is 93.1 Å². The van der Waals surface area contributed by atoms with Crippen molar-refractivity contribution in [2.24, 2.45) is 0 Å². The normalized spacial score (nSPS) is 12.9. The largest absolute Gasteiger partial charge is 0.396 e. The van der Waals surface area contributed by atoms with Gasteiger partial charge in [0.1, 0.15) is 5.82 Å². The third kappa shape index (κ3) is 3.19. The fourth-order valence-electron chi connectivity index (χ4n) is 1.28. The number of aryl methyl sites for hydroxylation is 1. The van der Waals surface area contributed by atoms with E-state index in [4.69, 9.17) is 5.11 Å². The minimum atomic E-state index is -0.693. The van der Waals surface area contributed by atoms with Crippen LogP contribution >= 0.6 is 11.8 Å². The van der Waals surface area contributed by atoms with E-state index in [-0.39, 0.29) is 12.4 Å². The van der Waals surface area contributed by atoms with Crippen LogP contribution in [0.5, 0.6) is 0 Å². The van der Waals surface area contributed by atoms with E-state index in [0.717, 1.165) is 4.90 Å². The number of hydrogen-bond donors (Lipinski definition) is 2. The van der Waals surface area contributed by atoms with Crippen LogP contribution in [0.15, 0.2) is 17.0 Å². The van der Waals surface area contributed by atoms with Crippen LogP contribution in [0.25, 0.3) is 0 Å². The fourth-order valence-corrected chi connectivity index (χ4v) is 2.24. The van der Waals surface area contributed by atoms with Gasteiger partial charge in [0.2, 0.25) is 0 Å². The summed E-state index contributed by atoms with van der Waals surface area (Å²) in [6.45, 7) is 3.36. The Kier molecular flexibility index (Phi) is 4.57. The Bertz CT molecular complexity index is 340. The molecule has 2 nitrogen and oxygen atoms in total. The Morgan fingerprint density at radius 2 is 2.13 bits per heavy atom. The van der Waals surface area contributed by atoms with Crippen molar-refractivity contribution in [3.05, 3.63) is 29.1 Å². The average Bonchev–Trinajstić information content (AvgIpc) is 2.19. The molecule has 1 aromatic carbocycles. The minimum Gasteiger partial charge on any atom is -0.396 e. The van der Waals surface area contributed by atoms with Crippen LogP contribution in [0.3, 0.4) is 0 Å². The molecule has 0 saturated heterocycles. The highest BCUT2D eigenvalue weighted by molar-refractivity contribution is 7.99. The topological polar surface area (TPSA) is 40.5 Å². The van der Waals surface area contributed by atoms with E-state index in [0.29, 0.717) is 16.9 Å². The zero-order valence-electron chi connectivity index (χ0n) is 8.83. The Morgan fingerprint density at radius 3 is 2.67 bits per heavy atom. The molecule has 0 heterocycles. The molecule has 0 radical (unpaired) electrons. The van der Waals surface area contributed by atoms with E-state index in [1.807, 2.05) is 0 Å². The van der Waals surface area contributed by atoms with Crippen molar-refractivity contribution in [1.29, 1.82) is 0 Å². The number of thioether (sulfide) groups is 1. The average molecular weight is 230 g/mol. The van der Waals surface area contributed by atoms with E-state index in [1.54, 1.807) is 19.9 Å². The summed E-state index contributed by atoms with van der Waals surface area (Å²) in [6, 6.07) is 3.07. The smallest absolute Gasteiger partial charge is 0.126 e. The van der Waals surface area contributed by atoms with Crippen molar-refractivity contribution < 1.29 is 14.6 Å². The quantitative estimate of drug-likeness (QED) is 0.780. The third-order valence-corrected chi connectivity index (χ3v) is 3.14. The van der Waals surface area contributed by atoms with Crippen molar-refractivity contribution in [1.82, 2.24) is 0 Å². The van der Waals surface area contributed by atoms with E-state index in [1.165, 1.54) is 17.8 Å². The van der Waals surface area contributed by atoms with Crippen LogP contribution in [-0.2, 0) is 0 Å². The molecule has 0 bridgehead atoms. The molecule has 1 atom stereocenters. The van der Waals surface area contributed by atoms with Gasteiger partial charge < -0.3 is 10.2 Å². The van der Waals surface area contributed by atoms with Gasteiger partial charge in [-0.25, -0.2) is 4.39 Å². The maximum Gasteiger partial charge on any atom is 0.126 e. The van der Waals surface area contributed by atoms with Gasteiger partial charge in [-0.2, -0.15) is 0 Å². The maximum absolute atomic E-state index is 13.3. The first-order chi connectivity index (χ1) is 7.06. The Morgan fingerprint density at radius 1 is 1.47 bits per heavy atom. The second-order valence-corrected chi connectivity index (χ2v) is 4.52. The molecule has 0 unspecified atom stereocenters. The van der Waals surface area contributed by atoms with Crippen molar-refractivity contribution in [3.8, 4) is 0 Å². The first-order valence-corrected chi connectivity index (χ1v) is 5.76. The van der Waals surface area contributed by atoms with Crippen LogP contribution in [0.2, 0.25) is 0 Å². The first kappa shape index (κ1) is 12.5. The molecule has 0 saturated carbocycles. The summed E-state index contributed by atoms with van der Waals surface area (Å²) in [7, 11) is 0. The molecule has 0 amide bonds. The summed E-state index contributed by atoms with van der Waals surface area (Å²) in [5, 5.41) is 18.2. The number of halogens is 1. The Balaban J connectivity index is 3.04. The van der Waals surface area contributed by atoms with Gasteiger partial charge in [-0.1, -0.05) is 0 Å². The van der Waals surface area contributed by atoms with Crippen LogP contribution < -0.4 is 0 Å². The highest BCUT2D eigenvalue weighted by Gasteiger charge is 2.11. The van der Waals surface area contributed by atoms with Crippen molar-refractivity contribution in [2.75, 3.05) is 12.4 Å². The molecule has 84 valence electrons. The predicted molar refractivity (Wildman–Crippen MR) is 59.6 cm³/mol. The van der Waals surface area contributed by atoms with Gasteiger partial charge in [0, 0.05) is 10.6 Å². The standard InChI is InChI=1S/C11H15FO2S/c1-7-5-11(15-4-3-13)9(8(2)14)6-10(7)12/h5-6,8,13-14H,3-4H2,1-2H3/t8-/m1/s1. The second kappa shape index (κ2) is 5.49. The van der Waals surface area contributed by atoms with Gasteiger partial charge in [0.05, 0.1) is 12.7 Å². The number of benzene rings is 1. The summed E-state index contributed by atoms with van der Waals surface area (Å²) < 4.78 is 13.3. The molecule has 0 aliphatic carbocycles. The fraction of sp³-hybridized carbons (Fsp3) is 0.455. The summed E-state index contributed by atoms with van der Waals surface area (Å²) in [5.41, 5.74) is 1.14. The summed E-state index contributed by atoms with van der Waals surface area (Å²) in [4.78, 5) is 0.831. The molecule has 0 aromatic heterocycles. The van der Waals surface area contributed by atoms with Gasteiger partial charge in [-0.15, -0.1) is 11.8 Å². The summed E-state index contributed by atoms with van der Waals surface area (Å²) in [5.74, 6) is 0.240. The molecule has 1 rings (SSSR count). The Hall–Kier alpha value is -0.580. The lowest BCUT2D eigenvalue weighted by atomic mass is 10.1. The van der Waals surface area contributed by atoms with Crippen LogP contribution in [-0.4, -0.2) is 22.6 Å². The lowest BCUT2D eigenvalue weighted by molar-refractivity contribution is 0.196. The monoisotopic (exact) mass is 230 g/mol. The SMILES string of the molecule is Cc1cc(SCCO)c([C@@H](C)O)cc1F. The molecule has 0 aliphatic heterocycles. The molecule has 0 aliphatic rings. The van der Waals surface area contributed by atoms with Gasteiger partial charge >= 0.3 is 0 Å². The highest BCUT2D eigenvalue weighted by Crippen LogP contribution is 2.29.